The molecule has 0 unspecified atom stereocenters. The third-order valence-electron chi connectivity index (χ3n) is 6.81. The number of nitrogens with one attached hydrogen (secondary N) is 1. The molecule has 0 aliphatic carbocycles. The quantitative estimate of drug-likeness (QED) is 0.409. The zero-order valence-corrected chi connectivity index (χ0v) is 22.9. The Hall–Kier alpha value is -3.26. The van der Waals surface area contributed by atoms with Gasteiger partial charge in [0, 0.05) is 42.3 Å². The number of methoxy groups -OCH3 is 1. The van der Waals surface area contributed by atoms with Crippen molar-refractivity contribution in [2.75, 3.05) is 39.9 Å². The number of piperazine rings is 1. The monoisotopic (exact) mass is 552 g/mol. The van der Waals surface area contributed by atoms with Crippen molar-refractivity contribution >= 4 is 35.1 Å². The van der Waals surface area contributed by atoms with Crippen molar-refractivity contribution < 1.29 is 14.3 Å². The fraction of sp³-hybridized carbons (Fsp3) is 0.310. The van der Waals surface area contributed by atoms with Crippen LogP contribution in [0.15, 0.2) is 71.7 Å². The van der Waals surface area contributed by atoms with Crippen LogP contribution in [-0.4, -0.2) is 61.6 Å². The molecule has 5 rings (SSSR count). The summed E-state index contributed by atoms with van der Waals surface area (Å²) in [5.41, 5.74) is 2.61. The molecule has 2 amide bonds. The molecule has 0 spiro atoms. The average Bonchev–Trinajstić information content (AvgIpc) is 3.34. The number of aliphatic imine (C=N–C) groups is 1. The Kier molecular flexibility index (Phi) is 8.07. The molecule has 3 aromatic carbocycles. The van der Waals surface area contributed by atoms with Gasteiger partial charge in [0.1, 0.15) is 23.4 Å². The van der Waals surface area contributed by atoms with Crippen molar-refractivity contribution in [3.8, 4) is 11.5 Å². The highest BCUT2D eigenvalue weighted by Gasteiger charge is 2.44. The number of halogens is 2. The maximum Gasteiger partial charge on any atom is 0.326 e. The van der Waals surface area contributed by atoms with Gasteiger partial charge >= 0.3 is 6.03 Å². The van der Waals surface area contributed by atoms with Crippen LogP contribution in [0, 0.1) is 0 Å². The molecule has 0 bridgehead atoms. The number of amides is 2. The number of nitrogens with zero attached hydrogens (tertiary/aromatic N) is 3. The maximum atomic E-state index is 14.3. The summed E-state index contributed by atoms with van der Waals surface area (Å²) in [7, 11) is 1.62. The van der Waals surface area contributed by atoms with Gasteiger partial charge in [0.15, 0.2) is 0 Å². The van der Waals surface area contributed by atoms with Crippen LogP contribution in [0.5, 0.6) is 11.5 Å². The summed E-state index contributed by atoms with van der Waals surface area (Å²) in [4.78, 5) is 23.2. The minimum atomic E-state index is -0.401. The van der Waals surface area contributed by atoms with E-state index >= 15 is 0 Å². The summed E-state index contributed by atoms with van der Waals surface area (Å²) in [5.74, 6) is 1.83. The Bertz CT molecular complexity index is 1310. The van der Waals surface area contributed by atoms with Gasteiger partial charge < -0.3 is 19.7 Å². The lowest BCUT2D eigenvalue weighted by atomic mass is 9.93. The van der Waals surface area contributed by atoms with Gasteiger partial charge in [-0.1, -0.05) is 47.5 Å². The molecule has 198 valence electrons. The molecule has 7 nitrogen and oxygen atoms in total. The molecule has 38 heavy (non-hydrogen) atoms. The molecule has 1 fully saturated rings. The fourth-order valence-electron chi connectivity index (χ4n) is 4.95. The van der Waals surface area contributed by atoms with Gasteiger partial charge in [-0.2, -0.15) is 0 Å². The Labute approximate surface area is 233 Å². The molecule has 0 saturated carbocycles. The number of hydrogen-bond acceptors (Lipinski definition) is 5. The first kappa shape index (κ1) is 26.4. The van der Waals surface area contributed by atoms with Crippen LogP contribution < -0.4 is 14.8 Å². The number of ether oxygens (including phenoxy) is 2. The lowest BCUT2D eigenvalue weighted by molar-refractivity contribution is 0.157. The molecular weight excluding hydrogens is 523 g/mol. The zero-order valence-electron chi connectivity index (χ0n) is 21.4. The summed E-state index contributed by atoms with van der Waals surface area (Å²) in [6.07, 6.45) is 0. The number of benzene rings is 3. The highest BCUT2D eigenvalue weighted by Crippen LogP contribution is 2.45. The van der Waals surface area contributed by atoms with E-state index in [4.69, 9.17) is 37.7 Å². The normalized spacial score (nSPS) is 19.3. The number of urea groups is 1. The van der Waals surface area contributed by atoms with E-state index in [0.29, 0.717) is 47.1 Å². The van der Waals surface area contributed by atoms with Crippen molar-refractivity contribution in [2.24, 2.45) is 4.99 Å². The van der Waals surface area contributed by atoms with Gasteiger partial charge in [-0.25, -0.2) is 4.79 Å². The number of hydrogen-bond donors (Lipinski definition) is 1. The first-order chi connectivity index (χ1) is 18.5. The Morgan fingerprint density at radius 3 is 2.21 bits per heavy atom. The van der Waals surface area contributed by atoms with E-state index in [1.165, 1.54) is 0 Å². The smallest absolute Gasteiger partial charge is 0.326 e. The van der Waals surface area contributed by atoms with Crippen molar-refractivity contribution in [3.05, 3.63) is 93.5 Å². The Balaban J connectivity index is 1.69. The molecule has 0 radical (unpaired) electrons. The molecule has 2 heterocycles. The second-order valence-electron chi connectivity index (χ2n) is 9.13. The fourth-order valence-corrected chi connectivity index (χ4v) is 5.20. The van der Waals surface area contributed by atoms with E-state index in [1.54, 1.807) is 7.11 Å². The number of amidine groups is 1. The van der Waals surface area contributed by atoms with Gasteiger partial charge in [0.2, 0.25) is 0 Å². The van der Waals surface area contributed by atoms with Crippen molar-refractivity contribution in [1.29, 1.82) is 0 Å². The van der Waals surface area contributed by atoms with E-state index < -0.39 is 6.04 Å². The first-order valence-electron chi connectivity index (χ1n) is 12.7. The van der Waals surface area contributed by atoms with Crippen LogP contribution >= 0.6 is 23.2 Å². The molecule has 9 heteroatoms. The lowest BCUT2D eigenvalue weighted by Crippen LogP contribution is -2.53. The van der Waals surface area contributed by atoms with Gasteiger partial charge in [-0.3, -0.25) is 9.89 Å². The molecule has 0 aromatic heterocycles. The van der Waals surface area contributed by atoms with Gasteiger partial charge in [0.05, 0.1) is 25.3 Å². The highest BCUT2D eigenvalue weighted by molar-refractivity contribution is 6.30. The van der Waals surface area contributed by atoms with E-state index in [9.17, 15) is 4.79 Å². The van der Waals surface area contributed by atoms with Crippen LogP contribution in [0.4, 0.5) is 4.79 Å². The second kappa shape index (κ2) is 11.6. The minimum absolute atomic E-state index is 0.0973. The van der Waals surface area contributed by atoms with Crippen LogP contribution in [-0.2, 0) is 0 Å². The maximum absolute atomic E-state index is 14.3. The van der Waals surface area contributed by atoms with Crippen LogP contribution in [0.2, 0.25) is 10.0 Å². The standard InChI is InChI=1S/C29H30Cl2N4O3/c1-3-38-25-18-23(37-2)12-13-24(25)28-33-26(19-4-8-21(30)9-5-19)27(20-6-10-22(31)11-7-20)35(28)29(36)34-16-14-32-15-17-34/h4-13,18,26-27,32H,3,14-17H2,1-2H3/t26-,27+/m1/s1. The highest BCUT2D eigenvalue weighted by atomic mass is 35.5. The van der Waals surface area contributed by atoms with E-state index in [0.717, 1.165) is 29.8 Å². The van der Waals surface area contributed by atoms with Crippen LogP contribution in [0.25, 0.3) is 0 Å². The molecule has 2 atom stereocenters. The average molecular weight is 553 g/mol. The van der Waals surface area contributed by atoms with Crippen LogP contribution in [0.3, 0.4) is 0 Å². The molecule has 1 saturated heterocycles. The van der Waals surface area contributed by atoms with Gasteiger partial charge in [-0.15, -0.1) is 0 Å². The second-order valence-corrected chi connectivity index (χ2v) is 10.0. The van der Waals surface area contributed by atoms with E-state index in [-0.39, 0.29) is 12.1 Å². The SMILES string of the molecule is CCOc1cc(OC)ccc1C1=N[C@H](c2ccc(Cl)cc2)[C@H](c2ccc(Cl)cc2)N1C(=O)N1CCNCC1. The third kappa shape index (κ3) is 5.32. The summed E-state index contributed by atoms with van der Waals surface area (Å²) < 4.78 is 11.5. The summed E-state index contributed by atoms with van der Waals surface area (Å²) >= 11 is 12.5. The van der Waals surface area contributed by atoms with Gasteiger partial charge in [0.25, 0.3) is 0 Å². The zero-order chi connectivity index (χ0) is 26.6. The molecule has 1 N–H and O–H groups in total. The van der Waals surface area contributed by atoms with Crippen molar-refractivity contribution in [1.82, 2.24) is 15.1 Å². The molecule has 2 aliphatic heterocycles. The predicted octanol–water partition coefficient (Wildman–Crippen LogP) is 5.97. The summed E-state index contributed by atoms with van der Waals surface area (Å²) in [5, 5.41) is 4.60. The number of carbonyl (C=O) groups is 1. The van der Waals surface area contributed by atoms with E-state index in [1.807, 2.05) is 83.5 Å². The summed E-state index contributed by atoms with van der Waals surface area (Å²) in [6, 6.07) is 20.0. The predicted molar refractivity (Wildman–Crippen MR) is 151 cm³/mol. The largest absolute Gasteiger partial charge is 0.497 e. The molecule has 3 aromatic rings. The summed E-state index contributed by atoms with van der Waals surface area (Å²) in [6.45, 7) is 5.10. The molecular formula is C29H30Cl2N4O3. The topological polar surface area (TPSA) is 66.4 Å². The van der Waals surface area contributed by atoms with Crippen molar-refractivity contribution in [3.63, 3.8) is 0 Å². The van der Waals surface area contributed by atoms with Crippen molar-refractivity contribution in [2.45, 2.75) is 19.0 Å². The van der Waals surface area contributed by atoms with E-state index in [2.05, 4.69) is 5.32 Å². The first-order valence-corrected chi connectivity index (χ1v) is 13.4. The number of carbonyl (C=O) groups excluding carboxylic acids is 1. The lowest BCUT2D eigenvalue weighted by Gasteiger charge is -2.36. The van der Waals surface area contributed by atoms with Crippen LogP contribution in [0.1, 0.15) is 35.7 Å². The Morgan fingerprint density at radius 2 is 1.61 bits per heavy atom. The molecule has 2 aliphatic rings. The number of rotatable bonds is 6. The Morgan fingerprint density at radius 1 is 0.974 bits per heavy atom. The third-order valence-corrected chi connectivity index (χ3v) is 7.32. The minimum Gasteiger partial charge on any atom is -0.497 e. The van der Waals surface area contributed by atoms with Gasteiger partial charge in [-0.05, 0) is 54.4 Å².